The van der Waals surface area contributed by atoms with Gasteiger partial charge in [-0.1, -0.05) is 24.3 Å². The van der Waals surface area contributed by atoms with E-state index in [9.17, 15) is 8.42 Å². The van der Waals surface area contributed by atoms with Crippen LogP contribution >= 0.6 is 0 Å². The first-order valence-electron chi connectivity index (χ1n) is 8.40. The molecule has 0 aliphatic rings. The van der Waals surface area contributed by atoms with Crippen LogP contribution in [-0.2, 0) is 23.5 Å². The molecule has 0 aliphatic carbocycles. The predicted molar refractivity (Wildman–Crippen MR) is 106 cm³/mol. The standard InChI is InChI=1S/C19H19N5O2S/c1-24-12-15(11-20-24)14-5-3-13(4-6-14)9-19-17-10-16(23-27(2,25)26)7-8-18(17)21-22-19/h3-8,10-12,23H,9H2,1-2H3,(H,21,22). The Labute approximate surface area is 157 Å². The number of rotatable bonds is 5. The first kappa shape index (κ1) is 17.3. The molecule has 2 aromatic heterocycles. The Kier molecular flexibility index (Phi) is 4.19. The molecule has 0 saturated carbocycles. The molecule has 4 aromatic rings. The number of H-pyrrole nitrogens is 1. The molecule has 2 N–H and O–H groups in total. The lowest BCUT2D eigenvalue weighted by atomic mass is 10.0. The van der Waals surface area contributed by atoms with E-state index in [0.717, 1.165) is 39.5 Å². The number of hydrogen-bond acceptors (Lipinski definition) is 4. The van der Waals surface area contributed by atoms with Gasteiger partial charge >= 0.3 is 0 Å². The van der Waals surface area contributed by atoms with E-state index in [0.29, 0.717) is 12.1 Å². The molecule has 0 spiro atoms. The Balaban J connectivity index is 1.60. The third-order valence-corrected chi connectivity index (χ3v) is 4.92. The van der Waals surface area contributed by atoms with E-state index < -0.39 is 10.0 Å². The van der Waals surface area contributed by atoms with Crippen LogP contribution in [0.3, 0.4) is 0 Å². The number of fused-ring (bicyclic) bond motifs is 1. The number of hydrogen-bond donors (Lipinski definition) is 2. The second-order valence-corrected chi connectivity index (χ2v) is 8.33. The lowest BCUT2D eigenvalue weighted by Gasteiger charge is -2.05. The Morgan fingerprint density at radius 1 is 1.11 bits per heavy atom. The monoisotopic (exact) mass is 381 g/mol. The molecule has 27 heavy (non-hydrogen) atoms. The van der Waals surface area contributed by atoms with Crippen molar-refractivity contribution in [2.75, 3.05) is 11.0 Å². The maximum Gasteiger partial charge on any atom is 0.229 e. The Morgan fingerprint density at radius 3 is 2.56 bits per heavy atom. The Morgan fingerprint density at radius 2 is 1.89 bits per heavy atom. The van der Waals surface area contributed by atoms with E-state index in [1.165, 1.54) is 0 Å². The van der Waals surface area contributed by atoms with Gasteiger partial charge in [0.1, 0.15) is 0 Å². The normalized spacial score (nSPS) is 11.8. The average Bonchev–Trinajstić information content (AvgIpc) is 3.21. The molecule has 0 fully saturated rings. The molecule has 0 bridgehead atoms. The summed E-state index contributed by atoms with van der Waals surface area (Å²) in [7, 11) is -1.42. The molecule has 2 aromatic carbocycles. The van der Waals surface area contributed by atoms with Crippen molar-refractivity contribution in [3.05, 3.63) is 66.1 Å². The lowest BCUT2D eigenvalue weighted by Crippen LogP contribution is -2.09. The molecule has 0 radical (unpaired) electrons. The van der Waals surface area contributed by atoms with Crippen molar-refractivity contribution in [2.24, 2.45) is 7.05 Å². The van der Waals surface area contributed by atoms with Crippen molar-refractivity contribution in [3.8, 4) is 11.1 Å². The SMILES string of the molecule is Cn1cc(-c2ccc(Cc3[nH]nc4ccc(NS(C)(=O)=O)cc34)cc2)cn1. The van der Waals surface area contributed by atoms with Crippen molar-refractivity contribution >= 4 is 26.6 Å². The van der Waals surface area contributed by atoms with Crippen LogP contribution < -0.4 is 4.72 Å². The van der Waals surface area contributed by atoms with Crippen molar-refractivity contribution in [2.45, 2.75) is 6.42 Å². The predicted octanol–water partition coefficient (Wildman–Crippen LogP) is 2.93. The van der Waals surface area contributed by atoms with Crippen LogP contribution in [0.5, 0.6) is 0 Å². The number of benzene rings is 2. The van der Waals surface area contributed by atoms with Gasteiger partial charge in [0.05, 0.1) is 18.0 Å². The minimum Gasteiger partial charge on any atom is -0.284 e. The maximum atomic E-state index is 11.5. The van der Waals surface area contributed by atoms with Gasteiger partial charge in [0.15, 0.2) is 0 Å². The third-order valence-electron chi connectivity index (χ3n) is 4.31. The van der Waals surface area contributed by atoms with Crippen molar-refractivity contribution in [1.29, 1.82) is 0 Å². The fourth-order valence-corrected chi connectivity index (χ4v) is 3.62. The van der Waals surface area contributed by atoms with Gasteiger partial charge < -0.3 is 0 Å². The highest BCUT2D eigenvalue weighted by atomic mass is 32.2. The summed E-state index contributed by atoms with van der Waals surface area (Å²) in [5.74, 6) is 0. The zero-order chi connectivity index (χ0) is 19.0. The van der Waals surface area contributed by atoms with E-state index in [1.54, 1.807) is 22.9 Å². The second-order valence-electron chi connectivity index (χ2n) is 6.58. The molecule has 0 saturated heterocycles. The molecule has 0 amide bonds. The minimum absolute atomic E-state index is 0.527. The number of sulfonamides is 1. The van der Waals surface area contributed by atoms with Gasteiger partial charge in [-0.2, -0.15) is 10.2 Å². The van der Waals surface area contributed by atoms with E-state index in [2.05, 4.69) is 44.3 Å². The number of aromatic amines is 1. The Hall–Kier alpha value is -3.13. The maximum absolute atomic E-state index is 11.5. The van der Waals surface area contributed by atoms with Crippen LogP contribution in [0.15, 0.2) is 54.9 Å². The zero-order valence-corrected chi connectivity index (χ0v) is 15.8. The molecule has 7 nitrogen and oxygen atoms in total. The first-order valence-corrected chi connectivity index (χ1v) is 10.3. The van der Waals surface area contributed by atoms with E-state index in [4.69, 9.17) is 0 Å². The molecule has 2 heterocycles. The number of nitrogens with one attached hydrogen (secondary N) is 2. The highest BCUT2D eigenvalue weighted by molar-refractivity contribution is 7.92. The number of anilines is 1. The summed E-state index contributed by atoms with van der Waals surface area (Å²) in [6.45, 7) is 0. The fraction of sp³-hybridized carbons (Fsp3) is 0.158. The molecular weight excluding hydrogens is 362 g/mol. The summed E-state index contributed by atoms with van der Waals surface area (Å²) in [5.41, 5.74) is 5.59. The largest absolute Gasteiger partial charge is 0.284 e. The average molecular weight is 381 g/mol. The van der Waals surface area contributed by atoms with Crippen LogP contribution in [0, 0.1) is 0 Å². The van der Waals surface area contributed by atoms with Crippen molar-refractivity contribution in [3.63, 3.8) is 0 Å². The second kappa shape index (κ2) is 6.55. The topological polar surface area (TPSA) is 92.7 Å². The number of aryl methyl sites for hydroxylation is 1. The summed E-state index contributed by atoms with van der Waals surface area (Å²) >= 11 is 0. The Bertz CT molecular complexity index is 1210. The van der Waals surface area contributed by atoms with Gasteiger partial charge in [0.2, 0.25) is 10.0 Å². The van der Waals surface area contributed by atoms with Crippen LogP contribution in [0.25, 0.3) is 22.0 Å². The molecule has 0 atom stereocenters. The molecule has 0 unspecified atom stereocenters. The van der Waals surface area contributed by atoms with Crippen LogP contribution in [0.2, 0.25) is 0 Å². The molecule has 0 aliphatic heterocycles. The van der Waals surface area contributed by atoms with Gasteiger partial charge in [0.25, 0.3) is 0 Å². The van der Waals surface area contributed by atoms with E-state index >= 15 is 0 Å². The number of aromatic nitrogens is 4. The van der Waals surface area contributed by atoms with E-state index in [1.807, 2.05) is 19.4 Å². The fourth-order valence-electron chi connectivity index (χ4n) is 3.06. The van der Waals surface area contributed by atoms with Gasteiger partial charge in [-0.15, -0.1) is 0 Å². The molecule has 138 valence electrons. The van der Waals surface area contributed by atoms with Gasteiger partial charge in [-0.05, 0) is 29.3 Å². The quantitative estimate of drug-likeness (QED) is 0.556. The number of nitrogens with zero attached hydrogens (tertiary/aromatic N) is 3. The lowest BCUT2D eigenvalue weighted by molar-refractivity contribution is 0.607. The summed E-state index contributed by atoms with van der Waals surface area (Å²) in [6, 6.07) is 13.6. The van der Waals surface area contributed by atoms with Gasteiger partial charge in [-0.25, -0.2) is 8.42 Å². The van der Waals surface area contributed by atoms with Gasteiger partial charge in [-0.3, -0.25) is 14.5 Å². The highest BCUT2D eigenvalue weighted by Crippen LogP contribution is 2.24. The smallest absolute Gasteiger partial charge is 0.229 e. The van der Waals surface area contributed by atoms with Crippen molar-refractivity contribution < 1.29 is 8.42 Å². The third kappa shape index (κ3) is 3.85. The van der Waals surface area contributed by atoms with Crippen LogP contribution in [0.1, 0.15) is 11.3 Å². The van der Waals surface area contributed by atoms with Crippen LogP contribution in [-0.4, -0.2) is 34.7 Å². The molecule has 4 rings (SSSR count). The van der Waals surface area contributed by atoms with Gasteiger partial charge in [0, 0.05) is 42.0 Å². The summed E-state index contributed by atoms with van der Waals surface area (Å²) in [4.78, 5) is 0. The molecule has 8 heteroatoms. The van der Waals surface area contributed by atoms with Crippen LogP contribution in [0.4, 0.5) is 5.69 Å². The van der Waals surface area contributed by atoms with Crippen molar-refractivity contribution in [1.82, 2.24) is 20.0 Å². The summed E-state index contributed by atoms with van der Waals surface area (Å²) < 4.78 is 27.2. The minimum atomic E-state index is -3.32. The summed E-state index contributed by atoms with van der Waals surface area (Å²) in [5, 5.41) is 12.5. The van der Waals surface area contributed by atoms with E-state index in [-0.39, 0.29) is 0 Å². The highest BCUT2D eigenvalue weighted by Gasteiger charge is 2.10. The molecular formula is C19H19N5O2S. The summed E-state index contributed by atoms with van der Waals surface area (Å²) in [6.07, 6.45) is 5.63. The zero-order valence-electron chi connectivity index (χ0n) is 15.0. The first-order chi connectivity index (χ1) is 12.9.